The molecule has 46 heavy (non-hydrogen) atoms. The van der Waals surface area contributed by atoms with E-state index in [1.54, 1.807) is 21.0 Å². The molecule has 11 heteroatoms. The van der Waals surface area contributed by atoms with Crippen molar-refractivity contribution in [2.75, 3.05) is 33.5 Å². The Balaban J connectivity index is 0.935. The minimum absolute atomic E-state index is 0.0318. The number of fused-ring (bicyclic) bond motifs is 4. The molecule has 0 saturated carbocycles. The molecule has 3 aromatic carbocycles. The Morgan fingerprint density at radius 3 is 2.26 bits per heavy atom. The van der Waals surface area contributed by atoms with E-state index >= 15 is 0 Å². The van der Waals surface area contributed by atoms with Gasteiger partial charge >= 0.3 is 6.09 Å². The van der Waals surface area contributed by atoms with Crippen LogP contribution in [0.2, 0.25) is 0 Å². The van der Waals surface area contributed by atoms with Gasteiger partial charge < -0.3 is 48.7 Å². The molecule has 3 N–H and O–H groups in total. The first-order valence-electron chi connectivity index (χ1n) is 15.5. The number of methoxy groups -OCH3 is 1. The number of aliphatic hydroxyl groups excluding tert-OH is 2. The smallest absolute Gasteiger partial charge is 0.407 e. The predicted molar refractivity (Wildman–Crippen MR) is 166 cm³/mol. The summed E-state index contributed by atoms with van der Waals surface area (Å²) in [5.74, 6) is -0.205. The van der Waals surface area contributed by atoms with Crippen molar-refractivity contribution in [1.29, 1.82) is 0 Å². The first-order valence-corrected chi connectivity index (χ1v) is 15.5. The Bertz CT molecular complexity index is 1430. The highest BCUT2D eigenvalue weighted by Crippen LogP contribution is 2.44. The molecule has 246 valence electrons. The van der Waals surface area contributed by atoms with E-state index in [1.165, 1.54) is 0 Å². The van der Waals surface area contributed by atoms with Crippen molar-refractivity contribution in [1.82, 2.24) is 5.32 Å². The molecule has 3 aromatic rings. The highest BCUT2D eigenvalue weighted by atomic mass is 16.8. The number of nitrogens with one attached hydrogen (secondary N) is 1. The van der Waals surface area contributed by atoms with Crippen molar-refractivity contribution < 1.29 is 48.2 Å². The van der Waals surface area contributed by atoms with E-state index in [0.29, 0.717) is 0 Å². The lowest BCUT2D eigenvalue weighted by atomic mass is 9.98. The minimum Gasteiger partial charge on any atom is -0.497 e. The Kier molecular flexibility index (Phi) is 9.90. The lowest BCUT2D eigenvalue weighted by molar-refractivity contribution is -0.251. The van der Waals surface area contributed by atoms with Crippen LogP contribution in [0.15, 0.2) is 72.8 Å². The van der Waals surface area contributed by atoms with Gasteiger partial charge in [0.05, 0.1) is 26.9 Å². The van der Waals surface area contributed by atoms with Gasteiger partial charge in [0.1, 0.15) is 42.9 Å². The summed E-state index contributed by atoms with van der Waals surface area (Å²) >= 11 is 0. The summed E-state index contributed by atoms with van der Waals surface area (Å²) in [6.45, 7) is 4.08. The van der Waals surface area contributed by atoms with Gasteiger partial charge in [0.15, 0.2) is 12.1 Å². The number of amides is 1. The number of carbonyl (C=O) groups excluding carboxylic acids is 1. The SMILES string of the molecule is COc1ccc(CO[C@H]2O[C@H]([C@H](O)[C@H](O)COCCNC(=O)OCC3c4ccccc4-c4ccccc43)[C@H]3OC(C)(C)OC23)cc1. The second-order valence-electron chi connectivity index (χ2n) is 12.1. The van der Waals surface area contributed by atoms with Crippen LogP contribution in [0.3, 0.4) is 0 Å². The lowest BCUT2D eigenvalue weighted by Gasteiger charge is -2.28. The second-order valence-corrected chi connectivity index (χ2v) is 12.1. The summed E-state index contributed by atoms with van der Waals surface area (Å²) < 4.78 is 40.4. The van der Waals surface area contributed by atoms with Gasteiger partial charge in [-0.15, -0.1) is 0 Å². The number of rotatable bonds is 13. The summed E-state index contributed by atoms with van der Waals surface area (Å²) in [6.07, 6.45) is -6.16. The van der Waals surface area contributed by atoms with E-state index in [4.69, 9.17) is 33.2 Å². The number of hydrogen-bond donors (Lipinski definition) is 3. The number of aliphatic hydroxyl groups is 2. The third-order valence-electron chi connectivity index (χ3n) is 8.50. The molecule has 11 nitrogen and oxygen atoms in total. The summed E-state index contributed by atoms with van der Waals surface area (Å²) in [4.78, 5) is 12.4. The monoisotopic (exact) mass is 635 g/mol. The summed E-state index contributed by atoms with van der Waals surface area (Å²) in [7, 11) is 1.60. The lowest BCUT2D eigenvalue weighted by Crippen LogP contribution is -2.46. The molecule has 3 aliphatic rings. The molecule has 1 unspecified atom stereocenters. The Hall–Kier alpha value is -3.55. The van der Waals surface area contributed by atoms with E-state index in [0.717, 1.165) is 33.6 Å². The summed E-state index contributed by atoms with van der Waals surface area (Å²) in [5, 5.41) is 24.4. The van der Waals surface area contributed by atoms with Crippen LogP contribution in [0.5, 0.6) is 5.75 Å². The maximum atomic E-state index is 12.4. The maximum Gasteiger partial charge on any atom is 0.407 e. The molecular formula is C35H41NO10. The standard InChI is InChI=1S/C35H41NO10/c1-35(2)45-31-30(44-33(32(31)46-35)42-18-21-12-14-22(40-3)15-13-21)29(38)28(37)20-41-17-16-36-34(39)43-19-27-25-10-6-4-8-23(25)24-9-5-7-11-26(24)27/h4-15,27-33,37-38H,16-20H2,1-3H3,(H,36,39)/t28-,29-,30-,31-,32?,33+/m1/s1. The molecule has 0 spiro atoms. The zero-order valence-electron chi connectivity index (χ0n) is 26.2. The average Bonchev–Trinajstić information content (AvgIpc) is 3.68. The fourth-order valence-electron chi connectivity index (χ4n) is 6.30. The van der Waals surface area contributed by atoms with Crippen LogP contribution in [0.4, 0.5) is 4.79 Å². The third-order valence-corrected chi connectivity index (χ3v) is 8.50. The van der Waals surface area contributed by atoms with Crippen LogP contribution >= 0.6 is 0 Å². The molecule has 6 atom stereocenters. The van der Waals surface area contributed by atoms with Crippen LogP contribution < -0.4 is 10.1 Å². The summed E-state index contributed by atoms with van der Waals surface area (Å²) in [5.41, 5.74) is 5.50. The van der Waals surface area contributed by atoms with Crippen LogP contribution in [0.1, 0.15) is 36.5 Å². The van der Waals surface area contributed by atoms with Crippen molar-refractivity contribution in [3.05, 3.63) is 89.5 Å². The normalized spacial score (nSPS) is 24.1. The zero-order valence-corrected chi connectivity index (χ0v) is 26.2. The van der Waals surface area contributed by atoms with Gasteiger partial charge in [0.2, 0.25) is 0 Å². The van der Waals surface area contributed by atoms with Gasteiger partial charge in [-0.1, -0.05) is 60.7 Å². The van der Waals surface area contributed by atoms with Crippen LogP contribution in [0, 0.1) is 0 Å². The molecule has 0 radical (unpaired) electrons. The Morgan fingerprint density at radius 2 is 1.59 bits per heavy atom. The molecule has 2 heterocycles. The van der Waals surface area contributed by atoms with Gasteiger partial charge in [-0.05, 0) is 53.8 Å². The Labute approximate surface area is 268 Å². The fraction of sp³-hybridized carbons (Fsp3) is 0.457. The van der Waals surface area contributed by atoms with Gasteiger partial charge in [-0.3, -0.25) is 0 Å². The summed E-state index contributed by atoms with van der Waals surface area (Å²) in [6, 6.07) is 23.7. The van der Waals surface area contributed by atoms with Crippen LogP contribution in [-0.4, -0.2) is 92.4 Å². The first-order chi connectivity index (χ1) is 22.2. The van der Waals surface area contributed by atoms with Crippen molar-refractivity contribution in [3.8, 4) is 16.9 Å². The van der Waals surface area contributed by atoms with Crippen molar-refractivity contribution >= 4 is 6.09 Å². The largest absolute Gasteiger partial charge is 0.497 e. The second kappa shape index (κ2) is 14.1. The highest BCUT2D eigenvalue weighted by Gasteiger charge is 2.58. The van der Waals surface area contributed by atoms with E-state index in [-0.39, 0.29) is 38.9 Å². The molecule has 2 saturated heterocycles. The molecule has 1 aliphatic carbocycles. The third kappa shape index (κ3) is 7.06. The average molecular weight is 636 g/mol. The van der Waals surface area contributed by atoms with Gasteiger partial charge in [0.25, 0.3) is 0 Å². The van der Waals surface area contributed by atoms with Gasteiger partial charge in [-0.2, -0.15) is 0 Å². The van der Waals surface area contributed by atoms with Crippen molar-refractivity contribution in [2.24, 2.45) is 0 Å². The topological polar surface area (TPSA) is 134 Å². The fourth-order valence-corrected chi connectivity index (χ4v) is 6.30. The molecule has 6 rings (SSSR count). The quantitative estimate of drug-likeness (QED) is 0.239. The van der Waals surface area contributed by atoms with E-state index in [9.17, 15) is 15.0 Å². The number of alkyl carbamates (subject to hydrolysis) is 1. The molecule has 2 aliphatic heterocycles. The highest BCUT2D eigenvalue weighted by molar-refractivity contribution is 5.79. The number of benzene rings is 3. The molecule has 2 fully saturated rings. The van der Waals surface area contributed by atoms with Gasteiger partial charge in [0, 0.05) is 12.5 Å². The molecule has 0 aromatic heterocycles. The Morgan fingerprint density at radius 1 is 0.935 bits per heavy atom. The number of hydrogen-bond acceptors (Lipinski definition) is 10. The predicted octanol–water partition coefficient (Wildman–Crippen LogP) is 3.73. The van der Waals surface area contributed by atoms with Crippen molar-refractivity contribution in [2.45, 2.75) is 69.0 Å². The molecular weight excluding hydrogens is 594 g/mol. The minimum atomic E-state index is -1.34. The number of carbonyl (C=O) groups is 1. The maximum absolute atomic E-state index is 12.4. The molecule has 0 bridgehead atoms. The van der Waals surface area contributed by atoms with E-state index in [2.05, 4.69) is 29.6 Å². The first kappa shape index (κ1) is 32.4. The van der Waals surface area contributed by atoms with E-state index < -0.39 is 48.7 Å². The zero-order chi connectivity index (χ0) is 32.3. The van der Waals surface area contributed by atoms with E-state index in [1.807, 2.05) is 48.5 Å². The van der Waals surface area contributed by atoms with Crippen LogP contribution in [0.25, 0.3) is 11.1 Å². The molecule has 1 amide bonds. The van der Waals surface area contributed by atoms with Crippen LogP contribution in [-0.2, 0) is 35.0 Å². The van der Waals surface area contributed by atoms with Crippen molar-refractivity contribution in [3.63, 3.8) is 0 Å². The number of ether oxygens (including phenoxy) is 7. The van der Waals surface area contributed by atoms with Gasteiger partial charge in [-0.25, -0.2) is 4.79 Å².